The molecule has 2 N–H and O–H groups in total. The van der Waals surface area contributed by atoms with Crippen LogP contribution >= 0.6 is 0 Å². The summed E-state index contributed by atoms with van der Waals surface area (Å²) < 4.78 is 39.0. The first-order valence-electron chi connectivity index (χ1n) is 6.46. The monoisotopic (exact) mass is 272 g/mol. The Hall–Kier alpha value is -1.07. The van der Waals surface area contributed by atoms with Crippen molar-refractivity contribution in [3.63, 3.8) is 0 Å². The molecule has 3 atom stereocenters. The predicted octanol–water partition coefficient (Wildman–Crippen LogP) is 3.05. The number of nitrogens with zero attached hydrogens (tertiary/aromatic N) is 1. The third-order valence-corrected chi connectivity index (χ3v) is 3.96. The summed E-state index contributed by atoms with van der Waals surface area (Å²) in [7, 11) is 0. The molecule has 0 aliphatic carbocycles. The molecule has 1 aliphatic rings. The molecule has 0 spiro atoms. The highest BCUT2D eigenvalue weighted by atomic mass is 19.4. The Balaban J connectivity index is 2.27. The molecule has 2 nitrogen and oxygen atoms in total. The van der Waals surface area contributed by atoms with E-state index in [1.807, 2.05) is 18.7 Å². The minimum atomic E-state index is -4.31. The number of halogens is 3. The average Bonchev–Trinajstić information content (AvgIpc) is 2.68. The quantitative estimate of drug-likeness (QED) is 0.896. The molecule has 0 radical (unpaired) electrons. The van der Waals surface area contributed by atoms with Crippen LogP contribution < -0.4 is 5.73 Å². The van der Waals surface area contributed by atoms with Gasteiger partial charge in [0.05, 0.1) is 5.56 Å². The van der Waals surface area contributed by atoms with Gasteiger partial charge in [0.1, 0.15) is 0 Å². The molecular weight excluding hydrogens is 253 g/mol. The third-order valence-electron chi connectivity index (χ3n) is 3.96. The van der Waals surface area contributed by atoms with Gasteiger partial charge >= 0.3 is 6.18 Å². The van der Waals surface area contributed by atoms with Gasteiger partial charge in [-0.05, 0) is 24.5 Å². The maximum absolute atomic E-state index is 13.0. The molecular formula is C14H19F3N2. The summed E-state index contributed by atoms with van der Waals surface area (Å²) in [6.07, 6.45) is -4.31. The molecule has 0 bridgehead atoms. The Bertz CT molecular complexity index is 435. The number of hydrogen-bond donors (Lipinski definition) is 1. The van der Waals surface area contributed by atoms with Crippen molar-refractivity contribution in [1.29, 1.82) is 0 Å². The molecule has 5 heteroatoms. The van der Waals surface area contributed by atoms with Crippen LogP contribution in [-0.4, -0.2) is 24.0 Å². The van der Waals surface area contributed by atoms with E-state index < -0.39 is 11.7 Å². The van der Waals surface area contributed by atoms with Gasteiger partial charge in [-0.25, -0.2) is 0 Å². The maximum atomic E-state index is 13.0. The van der Waals surface area contributed by atoms with Crippen LogP contribution in [-0.2, 0) is 6.18 Å². The van der Waals surface area contributed by atoms with Gasteiger partial charge in [-0.2, -0.15) is 13.2 Å². The summed E-state index contributed by atoms with van der Waals surface area (Å²) >= 11 is 0. The first-order chi connectivity index (χ1) is 8.80. The van der Waals surface area contributed by atoms with E-state index in [0.717, 1.165) is 12.6 Å². The van der Waals surface area contributed by atoms with Crippen molar-refractivity contribution in [1.82, 2.24) is 4.90 Å². The predicted molar refractivity (Wildman–Crippen MR) is 68.6 cm³/mol. The van der Waals surface area contributed by atoms with Crippen LogP contribution in [0.2, 0.25) is 0 Å². The Morgan fingerprint density at radius 2 is 1.89 bits per heavy atom. The third kappa shape index (κ3) is 2.92. The summed E-state index contributed by atoms with van der Waals surface area (Å²) in [5.74, 6) is 0.320. The molecule has 1 saturated heterocycles. The van der Waals surface area contributed by atoms with Crippen molar-refractivity contribution in [2.45, 2.75) is 32.1 Å². The largest absolute Gasteiger partial charge is 0.416 e. The highest BCUT2D eigenvalue weighted by Gasteiger charge is 2.37. The second-order valence-electron chi connectivity index (χ2n) is 5.36. The molecule has 0 saturated carbocycles. The van der Waals surface area contributed by atoms with Crippen LogP contribution in [0.3, 0.4) is 0 Å². The van der Waals surface area contributed by atoms with Crippen molar-refractivity contribution in [3.05, 3.63) is 35.4 Å². The Labute approximate surface area is 111 Å². The Kier molecular flexibility index (Phi) is 3.87. The van der Waals surface area contributed by atoms with Crippen molar-refractivity contribution in [2.24, 2.45) is 11.7 Å². The summed E-state index contributed by atoms with van der Waals surface area (Å²) in [6.45, 7) is 5.24. The van der Waals surface area contributed by atoms with Crippen LogP contribution in [0.4, 0.5) is 13.2 Å². The van der Waals surface area contributed by atoms with E-state index in [0.29, 0.717) is 18.0 Å². The Morgan fingerprint density at radius 3 is 2.42 bits per heavy atom. The first kappa shape index (κ1) is 14.3. The molecule has 1 aromatic rings. The van der Waals surface area contributed by atoms with E-state index in [1.54, 1.807) is 12.1 Å². The number of benzene rings is 1. The van der Waals surface area contributed by atoms with E-state index in [1.165, 1.54) is 6.07 Å². The van der Waals surface area contributed by atoms with Crippen LogP contribution in [0.15, 0.2) is 24.3 Å². The van der Waals surface area contributed by atoms with Crippen molar-refractivity contribution in [2.75, 3.05) is 13.1 Å². The number of hydrogen-bond acceptors (Lipinski definition) is 2. The summed E-state index contributed by atoms with van der Waals surface area (Å²) in [6, 6.07) is 5.56. The van der Waals surface area contributed by atoms with Crippen LogP contribution in [0, 0.1) is 5.92 Å². The summed E-state index contributed by atoms with van der Waals surface area (Å²) in [5, 5.41) is 0. The van der Waals surface area contributed by atoms with E-state index in [2.05, 4.69) is 0 Å². The van der Waals surface area contributed by atoms with E-state index in [4.69, 9.17) is 5.73 Å². The second-order valence-corrected chi connectivity index (χ2v) is 5.36. The number of likely N-dealkylation sites (tertiary alicyclic amines) is 1. The standard InChI is InChI=1S/C14H19F3N2/c1-9-7-19(8-13(9)18)10(2)11-5-3-4-6-12(11)14(15,16)17/h3-6,9-10,13H,7-8,18H2,1-2H3. The highest BCUT2D eigenvalue weighted by molar-refractivity contribution is 5.32. The normalized spacial score (nSPS) is 26.6. The van der Waals surface area contributed by atoms with Gasteiger partial charge in [-0.3, -0.25) is 4.90 Å². The van der Waals surface area contributed by atoms with Gasteiger partial charge in [0, 0.05) is 25.2 Å². The van der Waals surface area contributed by atoms with E-state index in [-0.39, 0.29) is 12.1 Å². The SMILES string of the molecule is CC1CN(C(C)c2ccccc2C(F)(F)F)CC1N. The molecule has 106 valence electrons. The molecule has 2 rings (SSSR count). The molecule has 19 heavy (non-hydrogen) atoms. The second kappa shape index (κ2) is 5.13. The summed E-state index contributed by atoms with van der Waals surface area (Å²) in [4.78, 5) is 2.03. The average molecular weight is 272 g/mol. The topological polar surface area (TPSA) is 29.3 Å². The lowest BCUT2D eigenvalue weighted by Gasteiger charge is -2.27. The number of rotatable bonds is 2. The number of alkyl halides is 3. The molecule has 1 aromatic carbocycles. The summed E-state index contributed by atoms with van der Waals surface area (Å²) in [5.41, 5.74) is 5.73. The van der Waals surface area contributed by atoms with Gasteiger partial charge < -0.3 is 5.73 Å². The van der Waals surface area contributed by atoms with Gasteiger partial charge in [-0.15, -0.1) is 0 Å². The molecule has 0 amide bonds. The molecule has 3 unspecified atom stereocenters. The minimum absolute atomic E-state index is 0.0421. The molecule has 0 aromatic heterocycles. The minimum Gasteiger partial charge on any atom is -0.326 e. The fraction of sp³-hybridized carbons (Fsp3) is 0.571. The lowest BCUT2D eigenvalue weighted by molar-refractivity contribution is -0.138. The zero-order chi connectivity index (χ0) is 14.2. The first-order valence-corrected chi connectivity index (χ1v) is 6.46. The lowest BCUT2D eigenvalue weighted by Crippen LogP contribution is -2.30. The van der Waals surface area contributed by atoms with Crippen LogP contribution in [0.25, 0.3) is 0 Å². The van der Waals surface area contributed by atoms with Gasteiger partial charge in [0.2, 0.25) is 0 Å². The van der Waals surface area contributed by atoms with Crippen molar-refractivity contribution < 1.29 is 13.2 Å². The Morgan fingerprint density at radius 1 is 1.26 bits per heavy atom. The molecule has 1 heterocycles. The smallest absolute Gasteiger partial charge is 0.326 e. The zero-order valence-electron chi connectivity index (χ0n) is 11.1. The molecule has 1 fully saturated rings. The zero-order valence-corrected chi connectivity index (χ0v) is 11.1. The fourth-order valence-electron chi connectivity index (χ4n) is 2.66. The van der Waals surface area contributed by atoms with Crippen molar-refractivity contribution in [3.8, 4) is 0 Å². The lowest BCUT2D eigenvalue weighted by atomic mass is 10.00. The van der Waals surface area contributed by atoms with Crippen LogP contribution in [0.5, 0.6) is 0 Å². The van der Waals surface area contributed by atoms with E-state index in [9.17, 15) is 13.2 Å². The highest BCUT2D eigenvalue weighted by Crippen LogP contribution is 2.37. The van der Waals surface area contributed by atoms with Crippen LogP contribution in [0.1, 0.15) is 31.0 Å². The molecule has 1 aliphatic heterocycles. The van der Waals surface area contributed by atoms with Gasteiger partial charge in [0.15, 0.2) is 0 Å². The van der Waals surface area contributed by atoms with Crippen molar-refractivity contribution >= 4 is 0 Å². The number of nitrogens with two attached hydrogens (primary N) is 1. The fourth-order valence-corrected chi connectivity index (χ4v) is 2.66. The maximum Gasteiger partial charge on any atom is 0.416 e. The van der Waals surface area contributed by atoms with E-state index >= 15 is 0 Å². The van der Waals surface area contributed by atoms with Gasteiger partial charge in [0.25, 0.3) is 0 Å². The van der Waals surface area contributed by atoms with Gasteiger partial charge in [-0.1, -0.05) is 25.1 Å².